The van der Waals surface area contributed by atoms with Crippen LogP contribution in [0.5, 0.6) is 5.75 Å². The van der Waals surface area contributed by atoms with Gasteiger partial charge in [-0.3, -0.25) is 14.2 Å². The molecule has 3 aromatic rings. The first-order chi connectivity index (χ1) is 13.5. The summed E-state index contributed by atoms with van der Waals surface area (Å²) in [5.41, 5.74) is 0.291. The molecule has 0 bridgehead atoms. The van der Waals surface area contributed by atoms with E-state index in [1.54, 1.807) is 6.92 Å². The Bertz CT molecular complexity index is 1120. The topological polar surface area (TPSA) is 68.5 Å². The number of hydrogen-bond acceptors (Lipinski definition) is 4. The Morgan fingerprint density at radius 2 is 1.79 bits per heavy atom. The van der Waals surface area contributed by atoms with Gasteiger partial charge in [-0.05, 0) is 48.9 Å². The highest BCUT2D eigenvalue weighted by atomic mass is 35.5. The maximum absolute atomic E-state index is 13.1. The molecule has 1 aromatic heterocycles. The standard InChI is InChI=1S/C20H15ClF3NO4/c1-10-13(8-18(27)29-2)14-7-17(26)15(21)9-16(14)25(10)19(28)11-3-5-12(6-4-11)20(22,23)24/h3-7,9,26H,8H2,1-2H3. The fourth-order valence-electron chi connectivity index (χ4n) is 3.12. The van der Waals surface area contributed by atoms with Gasteiger partial charge in [-0.15, -0.1) is 0 Å². The number of nitrogens with zero attached hydrogens (tertiary/aromatic N) is 1. The number of esters is 1. The third kappa shape index (κ3) is 3.80. The lowest BCUT2D eigenvalue weighted by Crippen LogP contribution is -2.15. The predicted molar refractivity (Wildman–Crippen MR) is 100 cm³/mol. The summed E-state index contributed by atoms with van der Waals surface area (Å²) in [4.78, 5) is 24.9. The number of halogens is 4. The van der Waals surface area contributed by atoms with Crippen LogP contribution >= 0.6 is 11.6 Å². The van der Waals surface area contributed by atoms with Crippen molar-refractivity contribution in [3.63, 3.8) is 0 Å². The molecule has 0 saturated carbocycles. The number of hydrogen-bond donors (Lipinski definition) is 1. The van der Waals surface area contributed by atoms with Gasteiger partial charge < -0.3 is 9.84 Å². The Balaban J connectivity index is 2.18. The second kappa shape index (κ2) is 7.44. The third-order valence-corrected chi connectivity index (χ3v) is 4.92. The smallest absolute Gasteiger partial charge is 0.416 e. The van der Waals surface area contributed by atoms with Gasteiger partial charge in [0.1, 0.15) is 5.75 Å². The summed E-state index contributed by atoms with van der Waals surface area (Å²) >= 11 is 5.98. The summed E-state index contributed by atoms with van der Waals surface area (Å²) in [6.07, 6.45) is -4.68. The van der Waals surface area contributed by atoms with Gasteiger partial charge in [0.2, 0.25) is 0 Å². The van der Waals surface area contributed by atoms with Crippen molar-refractivity contribution in [3.05, 3.63) is 63.8 Å². The average molecular weight is 426 g/mol. The third-order valence-electron chi connectivity index (χ3n) is 4.61. The van der Waals surface area contributed by atoms with E-state index in [0.717, 1.165) is 24.3 Å². The van der Waals surface area contributed by atoms with Crippen LogP contribution in [0.3, 0.4) is 0 Å². The van der Waals surface area contributed by atoms with E-state index >= 15 is 0 Å². The van der Waals surface area contributed by atoms with E-state index in [0.29, 0.717) is 22.2 Å². The quantitative estimate of drug-likeness (QED) is 0.616. The number of aromatic hydroxyl groups is 1. The van der Waals surface area contributed by atoms with E-state index in [4.69, 9.17) is 11.6 Å². The van der Waals surface area contributed by atoms with E-state index in [1.165, 1.54) is 23.8 Å². The van der Waals surface area contributed by atoms with Crippen LogP contribution in [-0.4, -0.2) is 28.7 Å². The highest BCUT2D eigenvalue weighted by molar-refractivity contribution is 6.33. The van der Waals surface area contributed by atoms with Gasteiger partial charge in [0.15, 0.2) is 0 Å². The number of methoxy groups -OCH3 is 1. The molecule has 3 rings (SSSR count). The zero-order chi connectivity index (χ0) is 21.5. The first kappa shape index (κ1) is 20.7. The summed E-state index contributed by atoms with van der Waals surface area (Å²) in [5, 5.41) is 10.3. The van der Waals surface area contributed by atoms with E-state index < -0.39 is 23.6 Å². The molecule has 0 fully saturated rings. The molecule has 2 aromatic carbocycles. The second-order valence-electron chi connectivity index (χ2n) is 6.35. The molecule has 0 saturated heterocycles. The Morgan fingerprint density at radius 1 is 1.17 bits per heavy atom. The fourth-order valence-corrected chi connectivity index (χ4v) is 3.28. The molecule has 1 heterocycles. The molecule has 0 aliphatic rings. The Kier molecular flexibility index (Phi) is 5.32. The predicted octanol–water partition coefficient (Wildman–Crippen LogP) is 4.73. The maximum atomic E-state index is 13.1. The number of alkyl halides is 3. The zero-order valence-electron chi connectivity index (χ0n) is 15.3. The number of carbonyl (C=O) groups excluding carboxylic acids is 2. The maximum Gasteiger partial charge on any atom is 0.416 e. The number of phenolic OH excluding ortho intramolecular Hbond substituents is 1. The van der Waals surface area contributed by atoms with E-state index in [9.17, 15) is 27.9 Å². The van der Waals surface area contributed by atoms with Gasteiger partial charge in [0.05, 0.1) is 29.6 Å². The molecule has 9 heteroatoms. The largest absolute Gasteiger partial charge is 0.506 e. The number of carbonyl (C=O) groups is 2. The lowest BCUT2D eigenvalue weighted by molar-refractivity contribution is -0.140. The van der Waals surface area contributed by atoms with E-state index in [-0.39, 0.29) is 22.8 Å². The highest BCUT2D eigenvalue weighted by Crippen LogP contribution is 2.35. The van der Waals surface area contributed by atoms with Crippen LogP contribution in [-0.2, 0) is 22.1 Å². The molecule has 0 amide bonds. The van der Waals surface area contributed by atoms with Crippen LogP contribution in [0.2, 0.25) is 5.02 Å². The zero-order valence-corrected chi connectivity index (χ0v) is 16.1. The number of phenols is 1. The van der Waals surface area contributed by atoms with Crippen LogP contribution in [0.15, 0.2) is 36.4 Å². The minimum Gasteiger partial charge on any atom is -0.506 e. The Hall–Kier alpha value is -3.00. The Labute approximate surface area is 168 Å². The summed E-state index contributed by atoms with van der Waals surface area (Å²) in [6.45, 7) is 1.59. The average Bonchev–Trinajstić information content (AvgIpc) is 2.92. The molecule has 0 unspecified atom stereocenters. The molecule has 5 nitrogen and oxygen atoms in total. The molecule has 152 valence electrons. The van der Waals surface area contributed by atoms with Crippen molar-refractivity contribution in [1.29, 1.82) is 0 Å². The van der Waals surface area contributed by atoms with Gasteiger partial charge in [-0.25, -0.2) is 0 Å². The minimum absolute atomic E-state index is 0.0129. The van der Waals surface area contributed by atoms with Crippen LogP contribution in [0.4, 0.5) is 13.2 Å². The van der Waals surface area contributed by atoms with Crippen molar-refractivity contribution in [2.45, 2.75) is 19.5 Å². The summed E-state index contributed by atoms with van der Waals surface area (Å²) in [7, 11) is 1.22. The lowest BCUT2D eigenvalue weighted by Gasteiger charge is -2.10. The number of fused-ring (bicyclic) bond motifs is 1. The van der Waals surface area contributed by atoms with Gasteiger partial charge in [-0.1, -0.05) is 11.6 Å². The van der Waals surface area contributed by atoms with E-state index in [1.807, 2.05) is 0 Å². The van der Waals surface area contributed by atoms with Crippen LogP contribution in [0, 0.1) is 6.92 Å². The van der Waals surface area contributed by atoms with Gasteiger partial charge in [-0.2, -0.15) is 13.2 Å². The number of ether oxygens (including phenoxy) is 1. The first-order valence-corrected chi connectivity index (χ1v) is 8.73. The molecule has 0 aliphatic carbocycles. The van der Waals surface area contributed by atoms with Crippen molar-refractivity contribution in [2.24, 2.45) is 0 Å². The number of aromatic nitrogens is 1. The molecule has 1 N–H and O–H groups in total. The number of rotatable bonds is 3. The van der Waals surface area contributed by atoms with Crippen molar-refractivity contribution < 1.29 is 32.6 Å². The molecule has 29 heavy (non-hydrogen) atoms. The molecular weight excluding hydrogens is 411 g/mol. The van der Waals surface area contributed by atoms with Crippen LogP contribution < -0.4 is 0 Å². The van der Waals surface area contributed by atoms with Crippen molar-refractivity contribution in [1.82, 2.24) is 4.57 Å². The summed E-state index contributed by atoms with van der Waals surface area (Å²) in [6, 6.07) is 6.50. The van der Waals surface area contributed by atoms with Crippen molar-refractivity contribution >= 4 is 34.4 Å². The summed E-state index contributed by atoms with van der Waals surface area (Å²) in [5.74, 6) is -1.38. The van der Waals surface area contributed by atoms with E-state index in [2.05, 4.69) is 4.74 Å². The van der Waals surface area contributed by atoms with Crippen LogP contribution in [0.25, 0.3) is 10.9 Å². The van der Waals surface area contributed by atoms with Crippen LogP contribution in [0.1, 0.15) is 27.2 Å². The van der Waals surface area contributed by atoms with Gasteiger partial charge >= 0.3 is 12.1 Å². The van der Waals surface area contributed by atoms with Crippen molar-refractivity contribution in [3.8, 4) is 5.75 Å². The summed E-state index contributed by atoms with van der Waals surface area (Å²) < 4.78 is 44.3. The first-order valence-electron chi connectivity index (χ1n) is 8.35. The molecule has 0 aliphatic heterocycles. The normalized spacial score (nSPS) is 11.7. The molecule has 0 atom stereocenters. The van der Waals surface area contributed by atoms with Gasteiger partial charge in [0.25, 0.3) is 5.91 Å². The van der Waals surface area contributed by atoms with Gasteiger partial charge in [0, 0.05) is 16.6 Å². The monoisotopic (exact) mass is 425 g/mol. The second-order valence-corrected chi connectivity index (χ2v) is 6.76. The highest BCUT2D eigenvalue weighted by Gasteiger charge is 2.30. The fraction of sp³-hybridized carbons (Fsp3) is 0.200. The number of benzene rings is 2. The lowest BCUT2D eigenvalue weighted by atomic mass is 10.1. The SMILES string of the molecule is COC(=O)Cc1c(C)n(C(=O)c2ccc(C(F)(F)F)cc2)c2cc(Cl)c(O)cc12. The minimum atomic E-state index is -4.52. The Morgan fingerprint density at radius 3 is 2.34 bits per heavy atom. The molecule has 0 spiro atoms. The van der Waals surface area contributed by atoms with Crippen molar-refractivity contribution in [2.75, 3.05) is 7.11 Å². The molecule has 0 radical (unpaired) electrons. The molecular formula is C20H15ClF3NO4.